The van der Waals surface area contributed by atoms with E-state index >= 15 is 0 Å². The van der Waals surface area contributed by atoms with Crippen LogP contribution in [-0.2, 0) is 0 Å². The molecule has 1 N–H and O–H groups in total. The van der Waals surface area contributed by atoms with E-state index in [1.165, 1.54) is 19.5 Å². The summed E-state index contributed by atoms with van der Waals surface area (Å²) in [6, 6.07) is 0. The van der Waals surface area contributed by atoms with Crippen LogP contribution in [-0.4, -0.2) is 58.3 Å². The predicted octanol–water partition coefficient (Wildman–Crippen LogP) is 0.741. The molecule has 6 heteroatoms. The normalized spacial score (nSPS) is 27.9. The van der Waals surface area contributed by atoms with Crippen LogP contribution in [0.5, 0.6) is 0 Å². The molecule has 2 unspecified atom stereocenters. The molecule has 4 rings (SSSR count). The standard InChI is InChI=1S/C13H18N6/c1-18-3-2-9-7-19(8-10(9)6-18)12-5-14-11-4-15-17-13(11)16-12/h4-5,9-10H,2-3,6-8H2,1H3,(H,15,16,17). The third kappa shape index (κ3) is 1.87. The van der Waals surface area contributed by atoms with Gasteiger partial charge in [-0.2, -0.15) is 5.10 Å². The maximum absolute atomic E-state index is 4.63. The monoisotopic (exact) mass is 258 g/mol. The SMILES string of the molecule is CN1CCC2CN(c3cnc4cn[nH]c4n3)CC2C1. The third-order valence-corrected chi connectivity index (χ3v) is 4.47. The van der Waals surface area contributed by atoms with Gasteiger partial charge in [0, 0.05) is 19.6 Å². The fourth-order valence-corrected chi connectivity index (χ4v) is 3.41. The molecule has 6 nitrogen and oxygen atoms in total. The first kappa shape index (κ1) is 11.2. The first-order chi connectivity index (χ1) is 9.29. The zero-order valence-corrected chi connectivity index (χ0v) is 11.1. The lowest BCUT2D eigenvalue weighted by atomic mass is 9.89. The van der Waals surface area contributed by atoms with Crippen molar-refractivity contribution in [2.75, 3.05) is 38.1 Å². The van der Waals surface area contributed by atoms with Crippen LogP contribution in [0.25, 0.3) is 11.2 Å². The molecule has 4 heterocycles. The first-order valence-corrected chi connectivity index (χ1v) is 6.89. The number of hydrogen-bond donors (Lipinski definition) is 1. The van der Waals surface area contributed by atoms with Crippen molar-refractivity contribution in [1.82, 2.24) is 25.1 Å². The molecule has 2 fully saturated rings. The zero-order valence-electron chi connectivity index (χ0n) is 11.1. The van der Waals surface area contributed by atoms with E-state index in [1.54, 1.807) is 6.20 Å². The van der Waals surface area contributed by atoms with E-state index in [9.17, 15) is 0 Å². The van der Waals surface area contributed by atoms with Crippen molar-refractivity contribution in [3.05, 3.63) is 12.4 Å². The van der Waals surface area contributed by atoms with E-state index in [0.717, 1.165) is 41.9 Å². The highest BCUT2D eigenvalue weighted by molar-refractivity contribution is 5.70. The number of H-pyrrole nitrogens is 1. The maximum atomic E-state index is 4.63. The number of aromatic amines is 1. The Bertz CT molecular complexity index is 594. The molecule has 0 radical (unpaired) electrons. The minimum atomic E-state index is 0.776. The Labute approximate surface area is 111 Å². The van der Waals surface area contributed by atoms with E-state index in [2.05, 4.69) is 37.0 Å². The van der Waals surface area contributed by atoms with Gasteiger partial charge in [-0.1, -0.05) is 0 Å². The molecular weight excluding hydrogens is 240 g/mol. The summed E-state index contributed by atoms with van der Waals surface area (Å²) in [5.41, 5.74) is 1.62. The van der Waals surface area contributed by atoms with Gasteiger partial charge in [-0.3, -0.25) is 5.10 Å². The van der Waals surface area contributed by atoms with Gasteiger partial charge in [-0.25, -0.2) is 9.97 Å². The molecule has 2 aliphatic rings. The second-order valence-corrected chi connectivity index (χ2v) is 5.81. The third-order valence-electron chi connectivity index (χ3n) is 4.47. The number of rotatable bonds is 1. The number of anilines is 1. The molecule has 2 atom stereocenters. The van der Waals surface area contributed by atoms with Crippen LogP contribution < -0.4 is 4.90 Å². The number of fused-ring (bicyclic) bond motifs is 2. The predicted molar refractivity (Wildman–Crippen MR) is 73.0 cm³/mol. The van der Waals surface area contributed by atoms with Gasteiger partial charge in [0.05, 0.1) is 12.4 Å². The lowest BCUT2D eigenvalue weighted by Gasteiger charge is -2.31. The van der Waals surface area contributed by atoms with Crippen LogP contribution in [0.15, 0.2) is 12.4 Å². The molecule has 19 heavy (non-hydrogen) atoms. The summed E-state index contributed by atoms with van der Waals surface area (Å²) >= 11 is 0. The summed E-state index contributed by atoms with van der Waals surface area (Å²) in [5.74, 6) is 2.57. The van der Waals surface area contributed by atoms with E-state index in [-0.39, 0.29) is 0 Å². The van der Waals surface area contributed by atoms with Gasteiger partial charge in [0.2, 0.25) is 0 Å². The summed E-state index contributed by atoms with van der Waals surface area (Å²) in [5, 5.41) is 6.87. The summed E-state index contributed by atoms with van der Waals surface area (Å²) in [4.78, 5) is 13.9. The van der Waals surface area contributed by atoms with E-state index in [4.69, 9.17) is 0 Å². The van der Waals surface area contributed by atoms with E-state index < -0.39 is 0 Å². The van der Waals surface area contributed by atoms with Crippen molar-refractivity contribution >= 4 is 17.0 Å². The van der Waals surface area contributed by atoms with Crippen molar-refractivity contribution in [3.8, 4) is 0 Å². The van der Waals surface area contributed by atoms with Gasteiger partial charge in [-0.15, -0.1) is 0 Å². The minimum absolute atomic E-state index is 0.776. The van der Waals surface area contributed by atoms with Crippen molar-refractivity contribution in [2.24, 2.45) is 11.8 Å². The van der Waals surface area contributed by atoms with Crippen LogP contribution in [0, 0.1) is 11.8 Å². The van der Waals surface area contributed by atoms with Gasteiger partial charge in [0.1, 0.15) is 11.3 Å². The molecule has 2 aromatic heterocycles. The number of hydrogen-bond acceptors (Lipinski definition) is 5. The molecule has 2 aromatic rings. The second-order valence-electron chi connectivity index (χ2n) is 5.81. The van der Waals surface area contributed by atoms with Gasteiger partial charge < -0.3 is 9.80 Å². The molecule has 0 spiro atoms. The van der Waals surface area contributed by atoms with Crippen molar-refractivity contribution < 1.29 is 0 Å². The number of piperidine rings is 1. The van der Waals surface area contributed by atoms with Crippen molar-refractivity contribution in [3.63, 3.8) is 0 Å². The highest BCUT2D eigenvalue weighted by Crippen LogP contribution is 2.32. The van der Waals surface area contributed by atoms with E-state index in [0.29, 0.717) is 0 Å². The average molecular weight is 258 g/mol. The summed E-state index contributed by atoms with van der Waals surface area (Å²) in [6.07, 6.45) is 4.89. The highest BCUT2D eigenvalue weighted by Gasteiger charge is 2.36. The topological polar surface area (TPSA) is 60.9 Å². The van der Waals surface area contributed by atoms with Crippen molar-refractivity contribution in [2.45, 2.75) is 6.42 Å². The largest absolute Gasteiger partial charge is 0.355 e. The van der Waals surface area contributed by atoms with Gasteiger partial charge >= 0.3 is 0 Å². The van der Waals surface area contributed by atoms with Crippen LogP contribution in [0.1, 0.15) is 6.42 Å². The number of nitrogens with zero attached hydrogens (tertiary/aromatic N) is 5. The fourth-order valence-electron chi connectivity index (χ4n) is 3.41. The summed E-state index contributed by atoms with van der Waals surface area (Å²) in [7, 11) is 2.22. The minimum Gasteiger partial charge on any atom is -0.355 e. The Hall–Kier alpha value is -1.69. The molecule has 0 aromatic carbocycles. The Morgan fingerprint density at radius 2 is 2.11 bits per heavy atom. The molecule has 2 aliphatic heterocycles. The number of aromatic nitrogens is 4. The molecule has 0 saturated carbocycles. The smallest absolute Gasteiger partial charge is 0.176 e. The lowest BCUT2D eigenvalue weighted by Crippen LogP contribution is -2.37. The Kier molecular flexibility index (Phi) is 2.44. The Morgan fingerprint density at radius 1 is 1.21 bits per heavy atom. The molecular formula is C13H18N6. The van der Waals surface area contributed by atoms with Gasteiger partial charge in [-0.05, 0) is 31.8 Å². The van der Waals surface area contributed by atoms with Gasteiger partial charge in [0.15, 0.2) is 5.65 Å². The molecule has 0 amide bonds. The number of nitrogens with one attached hydrogen (secondary N) is 1. The van der Waals surface area contributed by atoms with Crippen LogP contribution >= 0.6 is 0 Å². The zero-order chi connectivity index (χ0) is 12.8. The van der Waals surface area contributed by atoms with Gasteiger partial charge in [0.25, 0.3) is 0 Å². The molecule has 100 valence electrons. The fraction of sp³-hybridized carbons (Fsp3) is 0.615. The van der Waals surface area contributed by atoms with Crippen LogP contribution in [0.2, 0.25) is 0 Å². The summed E-state index contributed by atoms with van der Waals surface area (Å²) in [6.45, 7) is 4.65. The highest BCUT2D eigenvalue weighted by atomic mass is 15.3. The lowest BCUT2D eigenvalue weighted by molar-refractivity contribution is 0.178. The Morgan fingerprint density at radius 3 is 3.05 bits per heavy atom. The number of likely N-dealkylation sites (tertiary alicyclic amines) is 1. The molecule has 0 bridgehead atoms. The molecule has 2 saturated heterocycles. The maximum Gasteiger partial charge on any atom is 0.176 e. The van der Waals surface area contributed by atoms with E-state index in [1.807, 2.05) is 6.20 Å². The summed E-state index contributed by atoms with van der Waals surface area (Å²) < 4.78 is 0. The van der Waals surface area contributed by atoms with Crippen LogP contribution in [0.3, 0.4) is 0 Å². The Balaban J connectivity index is 1.59. The second kappa shape index (κ2) is 4.16. The molecule has 0 aliphatic carbocycles. The van der Waals surface area contributed by atoms with Crippen molar-refractivity contribution in [1.29, 1.82) is 0 Å². The van der Waals surface area contributed by atoms with Crippen LogP contribution in [0.4, 0.5) is 5.82 Å². The first-order valence-electron chi connectivity index (χ1n) is 6.89. The average Bonchev–Trinajstić information content (AvgIpc) is 3.02. The quantitative estimate of drug-likeness (QED) is 0.817.